The van der Waals surface area contributed by atoms with E-state index >= 15 is 0 Å². The molecule has 2 unspecified atom stereocenters. The third kappa shape index (κ3) is 2.12. The summed E-state index contributed by atoms with van der Waals surface area (Å²) < 4.78 is 129. The molecule has 1 aliphatic heterocycles. The summed E-state index contributed by atoms with van der Waals surface area (Å²) in [4.78, 5) is 0. The Morgan fingerprint density at radius 2 is 1.35 bits per heavy atom. The van der Waals surface area contributed by atoms with Gasteiger partial charge < -0.3 is 9.84 Å². The van der Waals surface area contributed by atoms with Crippen LogP contribution in [0.2, 0.25) is 0 Å². The second-order valence-corrected chi connectivity index (χ2v) is 4.20. The molecule has 1 rings (SSSR count). The normalized spacial score (nSPS) is 37.8. The summed E-state index contributed by atoms with van der Waals surface area (Å²) in [5.74, 6) is -20.5. The maximum absolute atomic E-state index is 13.3. The standard InChI is InChI=1S/C8H6F10O2/c1-2-4(9,10)3(6(13,14)15)20-7(19,5(2,11)12)8(16,17)18/h2-3,19H,1H3/t2-,3?,7?/m0/s1. The van der Waals surface area contributed by atoms with Crippen LogP contribution in [0.3, 0.4) is 0 Å². The summed E-state index contributed by atoms with van der Waals surface area (Å²) in [5.41, 5.74) is 0. The summed E-state index contributed by atoms with van der Waals surface area (Å²) in [6.07, 6.45) is -17.0. The van der Waals surface area contributed by atoms with Gasteiger partial charge in [0.15, 0.2) is 0 Å². The fourth-order valence-electron chi connectivity index (χ4n) is 1.63. The smallest absolute Gasteiger partial charge is 0.354 e. The Balaban J connectivity index is 3.46. The van der Waals surface area contributed by atoms with E-state index in [9.17, 15) is 43.9 Å². The van der Waals surface area contributed by atoms with Gasteiger partial charge in [0.25, 0.3) is 5.92 Å². The Morgan fingerprint density at radius 3 is 1.65 bits per heavy atom. The zero-order chi connectivity index (χ0) is 16.4. The molecule has 0 spiro atoms. The minimum absolute atomic E-state index is 0.238. The fraction of sp³-hybridized carbons (Fsp3) is 1.00. The lowest BCUT2D eigenvalue weighted by molar-refractivity contribution is -0.509. The van der Waals surface area contributed by atoms with Crippen molar-refractivity contribution >= 4 is 0 Å². The lowest BCUT2D eigenvalue weighted by Crippen LogP contribution is -2.74. The molecule has 0 bridgehead atoms. The summed E-state index contributed by atoms with van der Waals surface area (Å²) in [5, 5.41) is 8.74. The third-order valence-corrected chi connectivity index (χ3v) is 2.89. The van der Waals surface area contributed by atoms with Crippen LogP contribution in [0.1, 0.15) is 6.92 Å². The van der Waals surface area contributed by atoms with Crippen molar-refractivity contribution in [3.05, 3.63) is 0 Å². The molecule has 120 valence electrons. The first-order valence-electron chi connectivity index (χ1n) is 4.79. The van der Waals surface area contributed by atoms with E-state index in [1.807, 2.05) is 0 Å². The molecular formula is C8H6F10O2. The number of aliphatic hydroxyl groups is 1. The predicted molar refractivity (Wildman–Crippen MR) is 41.0 cm³/mol. The van der Waals surface area contributed by atoms with Crippen LogP contribution >= 0.6 is 0 Å². The van der Waals surface area contributed by atoms with Crippen molar-refractivity contribution in [2.45, 2.75) is 43.0 Å². The summed E-state index contributed by atoms with van der Waals surface area (Å²) in [6, 6.07) is 0. The van der Waals surface area contributed by atoms with Crippen molar-refractivity contribution in [2.24, 2.45) is 5.92 Å². The van der Waals surface area contributed by atoms with Crippen molar-refractivity contribution in [1.29, 1.82) is 0 Å². The minimum Gasteiger partial charge on any atom is -0.354 e. The van der Waals surface area contributed by atoms with Crippen molar-refractivity contribution in [3.63, 3.8) is 0 Å². The average molecular weight is 324 g/mol. The molecule has 3 atom stereocenters. The number of alkyl halides is 10. The third-order valence-electron chi connectivity index (χ3n) is 2.89. The Kier molecular flexibility index (Phi) is 3.56. The van der Waals surface area contributed by atoms with Crippen molar-refractivity contribution in [2.75, 3.05) is 0 Å². The molecule has 2 nitrogen and oxygen atoms in total. The highest BCUT2D eigenvalue weighted by atomic mass is 19.4. The van der Waals surface area contributed by atoms with Gasteiger partial charge in [-0.1, -0.05) is 6.92 Å². The number of rotatable bonds is 0. The number of hydrogen-bond donors (Lipinski definition) is 1. The van der Waals surface area contributed by atoms with E-state index in [4.69, 9.17) is 5.11 Å². The Morgan fingerprint density at radius 1 is 0.950 bits per heavy atom. The van der Waals surface area contributed by atoms with Gasteiger partial charge in [-0.25, -0.2) is 8.78 Å². The highest BCUT2D eigenvalue weighted by molar-refractivity contribution is 5.08. The molecule has 1 aliphatic rings. The summed E-state index contributed by atoms with van der Waals surface area (Å²) >= 11 is 0. The number of ether oxygens (including phenoxy) is 1. The Hall–Kier alpha value is -0.780. The highest BCUT2D eigenvalue weighted by Gasteiger charge is 2.83. The number of halogens is 10. The van der Waals surface area contributed by atoms with E-state index in [0.717, 1.165) is 0 Å². The van der Waals surface area contributed by atoms with E-state index in [-0.39, 0.29) is 6.92 Å². The SMILES string of the molecule is C[C@H]1C(F)(F)C(C(F)(F)F)OC(O)(C(F)(F)F)C1(F)F. The van der Waals surface area contributed by atoms with Gasteiger partial charge in [-0.3, -0.25) is 0 Å². The Bertz CT molecular complexity index is 386. The molecule has 0 amide bonds. The van der Waals surface area contributed by atoms with Gasteiger partial charge in [0.05, 0.1) is 5.92 Å². The van der Waals surface area contributed by atoms with Gasteiger partial charge in [0.1, 0.15) is 0 Å². The predicted octanol–water partition coefficient (Wildman–Crippen LogP) is 3.11. The van der Waals surface area contributed by atoms with E-state index in [1.165, 1.54) is 0 Å². The largest absolute Gasteiger partial charge is 0.449 e. The molecule has 12 heteroatoms. The second kappa shape index (κ2) is 4.12. The fourth-order valence-corrected chi connectivity index (χ4v) is 1.63. The van der Waals surface area contributed by atoms with Crippen LogP contribution in [0.25, 0.3) is 0 Å². The first kappa shape index (κ1) is 17.3. The molecule has 0 aromatic heterocycles. The molecular weight excluding hydrogens is 318 g/mol. The van der Waals surface area contributed by atoms with Crippen LogP contribution in [0.4, 0.5) is 43.9 Å². The molecule has 0 aromatic rings. The van der Waals surface area contributed by atoms with E-state index in [1.54, 1.807) is 0 Å². The average Bonchev–Trinajstić information content (AvgIpc) is 2.18. The topological polar surface area (TPSA) is 29.5 Å². The van der Waals surface area contributed by atoms with E-state index in [2.05, 4.69) is 4.74 Å². The number of hydrogen-bond acceptors (Lipinski definition) is 2. The zero-order valence-corrected chi connectivity index (χ0v) is 9.29. The monoisotopic (exact) mass is 324 g/mol. The van der Waals surface area contributed by atoms with Crippen molar-refractivity contribution < 1.29 is 53.7 Å². The molecule has 0 saturated carbocycles. The Labute approximate surface area is 104 Å². The molecule has 0 radical (unpaired) electrons. The van der Waals surface area contributed by atoms with Crippen molar-refractivity contribution in [1.82, 2.24) is 0 Å². The highest BCUT2D eigenvalue weighted by Crippen LogP contribution is 2.58. The molecule has 20 heavy (non-hydrogen) atoms. The maximum Gasteiger partial charge on any atom is 0.449 e. The van der Waals surface area contributed by atoms with Crippen LogP contribution in [0.5, 0.6) is 0 Å². The van der Waals surface area contributed by atoms with Gasteiger partial charge in [-0.15, -0.1) is 0 Å². The molecule has 0 aromatic carbocycles. The minimum atomic E-state index is -6.41. The first-order chi connectivity index (χ1) is 8.49. The van der Waals surface area contributed by atoms with Crippen LogP contribution < -0.4 is 0 Å². The van der Waals surface area contributed by atoms with Crippen molar-refractivity contribution in [3.8, 4) is 0 Å². The van der Waals surface area contributed by atoms with E-state index in [0.29, 0.717) is 0 Å². The van der Waals surface area contributed by atoms with Gasteiger partial charge in [-0.05, 0) is 0 Å². The second-order valence-electron chi connectivity index (χ2n) is 4.20. The lowest BCUT2D eigenvalue weighted by atomic mass is 9.83. The molecule has 1 N–H and O–H groups in total. The zero-order valence-electron chi connectivity index (χ0n) is 9.29. The van der Waals surface area contributed by atoms with Crippen LogP contribution in [-0.2, 0) is 4.74 Å². The molecule has 0 aliphatic carbocycles. The lowest BCUT2D eigenvalue weighted by Gasteiger charge is -2.49. The molecule has 1 saturated heterocycles. The van der Waals surface area contributed by atoms with Crippen LogP contribution in [0.15, 0.2) is 0 Å². The van der Waals surface area contributed by atoms with Crippen LogP contribution in [0, 0.1) is 5.92 Å². The quantitative estimate of drug-likeness (QED) is 0.694. The van der Waals surface area contributed by atoms with E-state index < -0.39 is 42.0 Å². The van der Waals surface area contributed by atoms with Gasteiger partial charge >= 0.3 is 24.1 Å². The molecule has 1 heterocycles. The maximum atomic E-state index is 13.3. The summed E-state index contributed by atoms with van der Waals surface area (Å²) in [7, 11) is 0. The summed E-state index contributed by atoms with van der Waals surface area (Å²) in [6.45, 7) is -0.238. The van der Waals surface area contributed by atoms with Gasteiger partial charge in [0.2, 0.25) is 6.10 Å². The molecule has 1 fully saturated rings. The van der Waals surface area contributed by atoms with Crippen LogP contribution in [-0.4, -0.2) is 41.2 Å². The first-order valence-corrected chi connectivity index (χ1v) is 4.79. The van der Waals surface area contributed by atoms with Gasteiger partial charge in [-0.2, -0.15) is 35.1 Å². The van der Waals surface area contributed by atoms with Gasteiger partial charge in [0, 0.05) is 0 Å².